The van der Waals surface area contributed by atoms with Gasteiger partial charge in [-0.05, 0) is 111 Å². The van der Waals surface area contributed by atoms with Crippen LogP contribution in [0, 0.1) is 13.8 Å². The van der Waals surface area contributed by atoms with E-state index in [2.05, 4.69) is 53.2 Å². The number of carbonyl (C=O) groups excluding carboxylic acids is 1. The Morgan fingerprint density at radius 3 is 2.44 bits per heavy atom. The van der Waals surface area contributed by atoms with E-state index in [9.17, 15) is 4.79 Å². The molecule has 1 spiro atoms. The molecule has 1 aromatic heterocycles. The van der Waals surface area contributed by atoms with Gasteiger partial charge in [0.1, 0.15) is 5.75 Å². The Labute approximate surface area is 241 Å². The summed E-state index contributed by atoms with van der Waals surface area (Å²) in [7, 11) is 0. The monoisotopic (exact) mass is 548 g/mol. The van der Waals surface area contributed by atoms with E-state index in [1.54, 1.807) is 6.92 Å². The smallest absolute Gasteiger partial charge is 0.258 e. The van der Waals surface area contributed by atoms with Crippen molar-refractivity contribution in [2.45, 2.75) is 51.9 Å². The Hall–Kier alpha value is -3.97. The first-order valence-corrected chi connectivity index (χ1v) is 14.8. The lowest BCUT2D eigenvalue weighted by Crippen LogP contribution is -2.43. The fraction of sp³-hybridized carbons (Fsp3) is 0.382. The van der Waals surface area contributed by atoms with Gasteiger partial charge in [-0.2, -0.15) is 0 Å². The van der Waals surface area contributed by atoms with Gasteiger partial charge in [-0.1, -0.05) is 25.1 Å². The first-order chi connectivity index (χ1) is 19.9. The van der Waals surface area contributed by atoms with Gasteiger partial charge in [0, 0.05) is 41.3 Å². The molecule has 0 bridgehead atoms. The van der Waals surface area contributed by atoms with Crippen LogP contribution >= 0.6 is 0 Å². The molecule has 0 atom stereocenters. The molecule has 7 nitrogen and oxygen atoms in total. The van der Waals surface area contributed by atoms with E-state index in [1.807, 2.05) is 35.2 Å². The van der Waals surface area contributed by atoms with E-state index in [0.717, 1.165) is 72.6 Å². The number of rotatable bonds is 5. The lowest BCUT2D eigenvalue weighted by atomic mass is 9.74. The zero-order valence-electron chi connectivity index (χ0n) is 24.1. The van der Waals surface area contributed by atoms with Crippen LogP contribution in [0.2, 0.25) is 0 Å². The number of aromatic nitrogens is 2. The summed E-state index contributed by atoms with van der Waals surface area (Å²) in [5.41, 5.74) is 8.54. The van der Waals surface area contributed by atoms with E-state index < -0.39 is 0 Å². The molecular formula is C34H36N4O3. The zero-order chi connectivity index (χ0) is 28.1. The van der Waals surface area contributed by atoms with Crippen molar-refractivity contribution in [1.29, 1.82) is 0 Å². The Bertz CT molecular complexity index is 1620. The van der Waals surface area contributed by atoms with Crippen molar-refractivity contribution in [3.63, 3.8) is 0 Å². The van der Waals surface area contributed by atoms with E-state index >= 15 is 0 Å². The highest BCUT2D eigenvalue weighted by Crippen LogP contribution is 2.49. The predicted octanol–water partition coefficient (Wildman–Crippen LogP) is 6.36. The molecule has 1 amide bonds. The lowest BCUT2D eigenvalue weighted by molar-refractivity contribution is 0.0989. The van der Waals surface area contributed by atoms with Gasteiger partial charge >= 0.3 is 0 Å². The number of piperidine rings is 1. The van der Waals surface area contributed by atoms with Gasteiger partial charge in [-0.25, -0.2) is 0 Å². The Morgan fingerprint density at radius 2 is 1.73 bits per heavy atom. The summed E-state index contributed by atoms with van der Waals surface area (Å²) >= 11 is 0. The number of carbonyl (C=O) groups is 1. The average Bonchev–Trinajstić information content (AvgIpc) is 3.70. The number of anilines is 1. The van der Waals surface area contributed by atoms with Gasteiger partial charge in [0.25, 0.3) is 5.91 Å². The van der Waals surface area contributed by atoms with E-state index in [1.165, 1.54) is 24.1 Å². The maximum atomic E-state index is 13.8. The number of fused-ring (bicyclic) bond motifs is 3. The van der Waals surface area contributed by atoms with Crippen molar-refractivity contribution < 1.29 is 13.9 Å². The van der Waals surface area contributed by atoms with Crippen molar-refractivity contribution in [2.75, 3.05) is 37.7 Å². The summed E-state index contributed by atoms with van der Waals surface area (Å²) in [6.45, 7) is 11.0. The molecule has 0 N–H and O–H groups in total. The van der Waals surface area contributed by atoms with Crippen LogP contribution in [0.15, 0.2) is 59.0 Å². The summed E-state index contributed by atoms with van der Waals surface area (Å²) in [5, 5.41) is 8.06. The predicted molar refractivity (Wildman–Crippen MR) is 160 cm³/mol. The SMILES string of the molecule is CCCN1CCC2(CC1)COc1cc3c(cc12)N(C(=O)c1ccc(-c2ccc(-c4nnc(C)o4)cc2C)cc1)CC3. The van der Waals surface area contributed by atoms with Crippen LogP contribution in [-0.4, -0.2) is 53.8 Å². The number of aryl methyl sites for hydroxylation is 2. The number of benzene rings is 3. The average molecular weight is 549 g/mol. The number of hydrogen-bond donors (Lipinski definition) is 0. The molecule has 0 aliphatic carbocycles. The molecular weight excluding hydrogens is 512 g/mol. The van der Waals surface area contributed by atoms with Crippen LogP contribution in [0.5, 0.6) is 5.75 Å². The summed E-state index contributed by atoms with van der Waals surface area (Å²) < 4.78 is 11.8. The molecule has 1 saturated heterocycles. The third-order valence-corrected chi connectivity index (χ3v) is 9.19. The first kappa shape index (κ1) is 26.0. The van der Waals surface area contributed by atoms with Crippen molar-refractivity contribution in [2.24, 2.45) is 0 Å². The molecule has 4 heterocycles. The third-order valence-electron chi connectivity index (χ3n) is 9.19. The minimum atomic E-state index is 0.0554. The van der Waals surface area contributed by atoms with Crippen LogP contribution in [0.3, 0.4) is 0 Å². The van der Waals surface area contributed by atoms with Crippen LogP contribution in [0.4, 0.5) is 5.69 Å². The number of nitrogens with zero attached hydrogens (tertiary/aromatic N) is 4. The summed E-state index contributed by atoms with van der Waals surface area (Å²) in [6, 6.07) is 18.6. The van der Waals surface area contributed by atoms with Crippen LogP contribution in [0.1, 0.15) is 59.1 Å². The second-order valence-corrected chi connectivity index (χ2v) is 11.8. The summed E-state index contributed by atoms with van der Waals surface area (Å²) in [4.78, 5) is 18.3. The number of ether oxygens (including phenoxy) is 1. The van der Waals surface area contributed by atoms with Crippen LogP contribution < -0.4 is 9.64 Å². The molecule has 3 aromatic carbocycles. The second kappa shape index (κ2) is 10.1. The number of amides is 1. The normalized spacial score (nSPS) is 17.5. The summed E-state index contributed by atoms with van der Waals surface area (Å²) in [5.74, 6) is 2.16. The largest absolute Gasteiger partial charge is 0.492 e. The van der Waals surface area contributed by atoms with Crippen molar-refractivity contribution in [3.05, 3.63) is 82.7 Å². The highest BCUT2D eigenvalue weighted by Gasteiger charge is 2.44. The Kier molecular flexibility index (Phi) is 6.42. The van der Waals surface area contributed by atoms with Gasteiger partial charge in [-0.3, -0.25) is 4.79 Å². The maximum absolute atomic E-state index is 13.8. The zero-order valence-corrected chi connectivity index (χ0v) is 24.1. The first-order valence-electron chi connectivity index (χ1n) is 14.8. The standard InChI is InChI=1S/C34H36N4O3/c1-4-14-37-16-12-34(13-17-37)21-40-31-19-26-11-15-38(30(26)20-29(31)34)33(39)25-7-5-24(6-8-25)28-10-9-27(18-22(28)2)32-36-35-23(3)41-32/h5-10,18-20H,4,11-17,21H2,1-3H3. The molecule has 7 rings (SSSR count). The fourth-order valence-corrected chi connectivity index (χ4v) is 6.87. The quantitative estimate of drug-likeness (QED) is 0.289. The number of likely N-dealkylation sites (tertiary alicyclic amines) is 1. The molecule has 4 aromatic rings. The molecule has 7 heteroatoms. The molecule has 1 fully saturated rings. The lowest BCUT2D eigenvalue weighted by Gasteiger charge is -2.38. The van der Waals surface area contributed by atoms with Crippen molar-refractivity contribution >= 4 is 11.6 Å². The maximum Gasteiger partial charge on any atom is 0.258 e. The molecule has 41 heavy (non-hydrogen) atoms. The van der Waals surface area contributed by atoms with Crippen molar-refractivity contribution in [3.8, 4) is 28.3 Å². The van der Waals surface area contributed by atoms with Gasteiger partial charge in [-0.15, -0.1) is 10.2 Å². The highest BCUT2D eigenvalue weighted by atomic mass is 16.5. The molecule has 0 unspecified atom stereocenters. The second-order valence-electron chi connectivity index (χ2n) is 11.8. The van der Waals surface area contributed by atoms with E-state index in [4.69, 9.17) is 9.15 Å². The highest BCUT2D eigenvalue weighted by molar-refractivity contribution is 6.07. The minimum absolute atomic E-state index is 0.0554. The minimum Gasteiger partial charge on any atom is -0.492 e. The topological polar surface area (TPSA) is 71.7 Å². The van der Waals surface area contributed by atoms with E-state index in [0.29, 0.717) is 23.9 Å². The molecule has 3 aliphatic rings. The third kappa shape index (κ3) is 4.52. The fourth-order valence-electron chi connectivity index (χ4n) is 6.87. The van der Waals surface area contributed by atoms with Gasteiger partial charge in [0.2, 0.25) is 11.8 Å². The number of hydrogen-bond acceptors (Lipinski definition) is 6. The summed E-state index contributed by atoms with van der Waals surface area (Å²) in [6.07, 6.45) is 4.28. The van der Waals surface area contributed by atoms with Gasteiger partial charge in [0.15, 0.2) is 0 Å². The molecule has 3 aliphatic heterocycles. The van der Waals surface area contributed by atoms with Gasteiger partial charge in [0.05, 0.1) is 6.61 Å². The van der Waals surface area contributed by atoms with E-state index in [-0.39, 0.29) is 11.3 Å². The molecule has 0 radical (unpaired) electrons. The Morgan fingerprint density at radius 1 is 0.951 bits per heavy atom. The molecule has 210 valence electrons. The molecule has 0 saturated carbocycles. The van der Waals surface area contributed by atoms with Gasteiger partial charge < -0.3 is 19.0 Å². The van der Waals surface area contributed by atoms with Crippen molar-refractivity contribution in [1.82, 2.24) is 15.1 Å². The van der Waals surface area contributed by atoms with Crippen LogP contribution in [0.25, 0.3) is 22.6 Å². The Balaban J connectivity index is 1.11. The van der Waals surface area contributed by atoms with Crippen LogP contribution in [-0.2, 0) is 11.8 Å².